The van der Waals surface area contributed by atoms with Gasteiger partial charge in [0.15, 0.2) is 5.16 Å². The number of nitrogens with zero attached hydrogens (tertiary/aromatic N) is 2. The summed E-state index contributed by atoms with van der Waals surface area (Å²) in [5.74, 6) is -0.0678. The van der Waals surface area contributed by atoms with Gasteiger partial charge in [0.1, 0.15) is 0 Å². The first-order valence-corrected chi connectivity index (χ1v) is 11.1. The molecule has 0 bridgehead atoms. The van der Waals surface area contributed by atoms with Crippen LogP contribution in [0, 0.1) is 13.8 Å². The molecule has 3 rings (SSSR count). The van der Waals surface area contributed by atoms with Crippen molar-refractivity contribution in [3.8, 4) is 5.69 Å². The van der Waals surface area contributed by atoms with Gasteiger partial charge in [-0.2, -0.15) is 0 Å². The highest BCUT2D eigenvalue weighted by atomic mass is 32.2. The summed E-state index contributed by atoms with van der Waals surface area (Å²) in [6.07, 6.45) is 0.831. The zero-order chi connectivity index (χ0) is 22.1. The number of nitrogens with one attached hydrogen (secondary N) is 1. The molecule has 0 radical (unpaired) electrons. The Morgan fingerprint density at radius 2 is 1.90 bits per heavy atom. The van der Waals surface area contributed by atoms with Crippen molar-refractivity contribution in [1.29, 1.82) is 0 Å². The van der Waals surface area contributed by atoms with E-state index in [0.29, 0.717) is 16.1 Å². The van der Waals surface area contributed by atoms with Crippen molar-refractivity contribution in [2.24, 2.45) is 0 Å². The highest BCUT2D eigenvalue weighted by Gasteiger charge is 2.25. The average molecular weight is 424 g/mol. The van der Waals surface area contributed by atoms with Crippen LogP contribution in [0.25, 0.3) is 16.6 Å². The maximum atomic E-state index is 13.4. The second kappa shape index (κ2) is 8.64. The van der Waals surface area contributed by atoms with Crippen molar-refractivity contribution in [3.63, 3.8) is 0 Å². The molecule has 1 unspecified atom stereocenters. The van der Waals surface area contributed by atoms with Crippen molar-refractivity contribution in [2.75, 3.05) is 0 Å². The predicted octanol–water partition coefficient (Wildman–Crippen LogP) is 4.79. The average Bonchev–Trinajstić information content (AvgIpc) is 2.70. The van der Waals surface area contributed by atoms with Gasteiger partial charge in [-0.05, 0) is 70.4 Å². The number of thioether (sulfide) groups is 1. The van der Waals surface area contributed by atoms with E-state index in [-0.39, 0.29) is 17.0 Å². The first-order chi connectivity index (χ1) is 14.1. The van der Waals surface area contributed by atoms with E-state index in [2.05, 4.69) is 5.32 Å². The van der Waals surface area contributed by atoms with E-state index < -0.39 is 5.25 Å². The smallest absolute Gasteiger partial charge is 0.266 e. The van der Waals surface area contributed by atoms with Gasteiger partial charge in [-0.3, -0.25) is 14.2 Å². The molecule has 3 aromatic rings. The zero-order valence-electron chi connectivity index (χ0n) is 18.4. The van der Waals surface area contributed by atoms with Gasteiger partial charge < -0.3 is 5.32 Å². The maximum Gasteiger partial charge on any atom is 0.266 e. The topological polar surface area (TPSA) is 64.0 Å². The van der Waals surface area contributed by atoms with Crippen LogP contribution in [0.4, 0.5) is 0 Å². The van der Waals surface area contributed by atoms with Crippen LogP contribution in [0.1, 0.15) is 45.2 Å². The molecule has 0 spiro atoms. The number of carbonyl (C=O) groups excluding carboxylic acids is 1. The van der Waals surface area contributed by atoms with Crippen molar-refractivity contribution in [3.05, 3.63) is 63.9 Å². The van der Waals surface area contributed by atoms with E-state index in [1.165, 1.54) is 11.8 Å². The first kappa shape index (κ1) is 22.1. The molecule has 1 heterocycles. The van der Waals surface area contributed by atoms with Crippen LogP contribution in [0.3, 0.4) is 0 Å². The second-order valence-corrected chi connectivity index (χ2v) is 9.64. The molecule has 1 N–H and O–H groups in total. The Balaban J connectivity index is 2.13. The normalized spacial score (nSPS) is 12.7. The van der Waals surface area contributed by atoms with E-state index >= 15 is 0 Å². The molecule has 1 aromatic heterocycles. The molecule has 30 heavy (non-hydrogen) atoms. The van der Waals surface area contributed by atoms with E-state index in [1.807, 2.05) is 77.9 Å². The zero-order valence-corrected chi connectivity index (χ0v) is 19.3. The summed E-state index contributed by atoms with van der Waals surface area (Å²) in [7, 11) is 0. The number of hydrogen-bond acceptors (Lipinski definition) is 4. The molecule has 1 amide bonds. The van der Waals surface area contributed by atoms with Crippen LogP contribution < -0.4 is 10.9 Å². The van der Waals surface area contributed by atoms with Crippen molar-refractivity contribution in [2.45, 2.75) is 63.9 Å². The summed E-state index contributed by atoms with van der Waals surface area (Å²) in [5.41, 5.74) is 3.05. The quantitative estimate of drug-likeness (QED) is 0.457. The summed E-state index contributed by atoms with van der Waals surface area (Å²) in [6.45, 7) is 11.9. The molecular weight excluding hydrogens is 394 g/mol. The Morgan fingerprint density at radius 3 is 2.60 bits per heavy atom. The lowest BCUT2D eigenvalue weighted by atomic mass is 10.0. The number of aromatic nitrogens is 2. The van der Waals surface area contributed by atoms with Gasteiger partial charge in [0.05, 0.1) is 21.8 Å². The minimum atomic E-state index is -0.403. The van der Waals surface area contributed by atoms with Crippen LogP contribution in [-0.4, -0.2) is 26.2 Å². The van der Waals surface area contributed by atoms with E-state index in [0.717, 1.165) is 23.2 Å². The molecule has 2 aromatic carbocycles. The van der Waals surface area contributed by atoms with Gasteiger partial charge in [0.2, 0.25) is 5.91 Å². The van der Waals surface area contributed by atoms with Crippen LogP contribution in [0.2, 0.25) is 0 Å². The van der Waals surface area contributed by atoms with Crippen LogP contribution in [0.5, 0.6) is 0 Å². The number of fused-ring (bicyclic) bond motifs is 1. The molecule has 5 nitrogen and oxygen atoms in total. The first-order valence-electron chi connectivity index (χ1n) is 10.2. The number of aryl methyl sites for hydroxylation is 2. The monoisotopic (exact) mass is 423 g/mol. The van der Waals surface area contributed by atoms with E-state index in [9.17, 15) is 9.59 Å². The number of hydrogen-bond donors (Lipinski definition) is 1. The number of para-hydroxylation sites is 1. The minimum absolute atomic E-state index is 0.0678. The van der Waals surface area contributed by atoms with Crippen LogP contribution in [-0.2, 0) is 4.79 Å². The standard InChI is InChI=1S/C24H29N3O2S/c1-7-24(5,6)26-21(28)17(4)30-23-25-19-11-9-8-10-18(19)22(29)27(23)20-14-15(2)12-13-16(20)3/h8-14,17H,7H2,1-6H3,(H,26,28). The fourth-order valence-electron chi connectivity index (χ4n) is 3.10. The molecule has 158 valence electrons. The number of carbonyl (C=O) groups is 1. The number of amides is 1. The van der Waals surface area contributed by atoms with Crippen molar-refractivity contribution < 1.29 is 4.79 Å². The Kier molecular flexibility index (Phi) is 6.36. The van der Waals surface area contributed by atoms with Gasteiger partial charge in [-0.1, -0.05) is 43.0 Å². The summed E-state index contributed by atoms with van der Waals surface area (Å²) in [4.78, 5) is 31.0. The molecule has 0 fully saturated rings. The highest BCUT2D eigenvalue weighted by molar-refractivity contribution is 8.00. The predicted molar refractivity (Wildman–Crippen MR) is 125 cm³/mol. The second-order valence-electron chi connectivity index (χ2n) is 8.33. The van der Waals surface area contributed by atoms with E-state index in [4.69, 9.17) is 4.98 Å². The molecule has 0 saturated carbocycles. The molecule has 0 aliphatic heterocycles. The van der Waals surface area contributed by atoms with Gasteiger partial charge in [-0.15, -0.1) is 0 Å². The third-order valence-corrected chi connectivity index (χ3v) is 6.40. The summed E-state index contributed by atoms with van der Waals surface area (Å²) >= 11 is 1.31. The minimum Gasteiger partial charge on any atom is -0.350 e. The molecule has 0 aliphatic carbocycles. The van der Waals surface area contributed by atoms with Crippen molar-refractivity contribution in [1.82, 2.24) is 14.9 Å². The van der Waals surface area contributed by atoms with E-state index in [1.54, 1.807) is 10.6 Å². The summed E-state index contributed by atoms with van der Waals surface area (Å²) < 4.78 is 1.64. The molecular formula is C24H29N3O2S. The molecule has 6 heteroatoms. The Hall–Kier alpha value is -2.60. The third-order valence-electron chi connectivity index (χ3n) is 5.35. The fraction of sp³-hybridized carbons (Fsp3) is 0.375. The Labute approximate surface area is 181 Å². The SMILES string of the molecule is CCC(C)(C)NC(=O)C(C)Sc1nc2ccccc2c(=O)n1-c1cc(C)ccc1C. The van der Waals surface area contributed by atoms with Crippen molar-refractivity contribution >= 4 is 28.6 Å². The number of benzene rings is 2. The Bertz CT molecular complexity index is 1150. The fourth-order valence-corrected chi connectivity index (χ4v) is 4.02. The van der Waals surface area contributed by atoms with Gasteiger partial charge in [0, 0.05) is 5.54 Å². The lowest BCUT2D eigenvalue weighted by molar-refractivity contribution is -0.121. The molecule has 1 atom stereocenters. The van der Waals surface area contributed by atoms with Gasteiger partial charge >= 0.3 is 0 Å². The summed E-state index contributed by atoms with van der Waals surface area (Å²) in [5, 5.41) is 3.76. The molecule has 0 aliphatic rings. The summed E-state index contributed by atoms with van der Waals surface area (Å²) in [6, 6.07) is 13.3. The van der Waals surface area contributed by atoms with Gasteiger partial charge in [-0.25, -0.2) is 4.98 Å². The number of rotatable bonds is 6. The van der Waals surface area contributed by atoms with Crippen LogP contribution in [0.15, 0.2) is 52.4 Å². The maximum absolute atomic E-state index is 13.4. The largest absolute Gasteiger partial charge is 0.350 e. The lowest BCUT2D eigenvalue weighted by Gasteiger charge is -2.26. The van der Waals surface area contributed by atoms with Crippen LogP contribution >= 0.6 is 11.8 Å². The highest BCUT2D eigenvalue weighted by Crippen LogP contribution is 2.27. The van der Waals surface area contributed by atoms with Gasteiger partial charge in [0.25, 0.3) is 5.56 Å². The Morgan fingerprint density at radius 1 is 1.20 bits per heavy atom. The third kappa shape index (κ3) is 4.59. The molecule has 0 saturated heterocycles. The lowest BCUT2D eigenvalue weighted by Crippen LogP contribution is -2.46.